The van der Waals surface area contributed by atoms with E-state index in [1.165, 1.54) is 0 Å². The van der Waals surface area contributed by atoms with Gasteiger partial charge in [-0.25, -0.2) is 9.78 Å². The predicted octanol–water partition coefficient (Wildman–Crippen LogP) is 5.23. The monoisotopic (exact) mass is 417 g/mol. The number of unbranched alkanes of at least 4 members (excludes halogenated alkanes) is 1. The second-order valence-electron chi connectivity index (χ2n) is 7.52. The summed E-state index contributed by atoms with van der Waals surface area (Å²) in [5.74, 6) is 1.10. The summed E-state index contributed by atoms with van der Waals surface area (Å²) in [6, 6.07) is 15.4. The minimum Gasteiger partial charge on any atom is -0.494 e. The van der Waals surface area contributed by atoms with Gasteiger partial charge in [-0.05, 0) is 43.2 Å². The van der Waals surface area contributed by atoms with Crippen LogP contribution in [0, 0.1) is 0 Å². The Bertz CT molecular complexity index is 1150. The average Bonchev–Trinajstić information content (AvgIpc) is 3.14. The Hall–Kier alpha value is -3.54. The highest BCUT2D eigenvalue weighted by Gasteiger charge is 2.35. The van der Waals surface area contributed by atoms with Gasteiger partial charge >= 0.3 is 5.97 Å². The molecule has 0 amide bonds. The first-order valence-electron chi connectivity index (χ1n) is 10.6. The third kappa shape index (κ3) is 4.06. The van der Waals surface area contributed by atoms with E-state index >= 15 is 0 Å². The van der Waals surface area contributed by atoms with Crippen LogP contribution in [0.2, 0.25) is 0 Å². The summed E-state index contributed by atoms with van der Waals surface area (Å²) in [6.07, 6.45) is 3.63. The number of benzene rings is 2. The van der Waals surface area contributed by atoms with Gasteiger partial charge in [0, 0.05) is 5.70 Å². The van der Waals surface area contributed by atoms with Gasteiger partial charge in [0.25, 0.3) is 0 Å². The predicted molar refractivity (Wildman–Crippen MR) is 122 cm³/mol. The van der Waals surface area contributed by atoms with E-state index in [2.05, 4.69) is 23.4 Å². The number of carbonyl (C=O) groups is 1. The maximum Gasteiger partial charge on any atom is 0.338 e. The van der Waals surface area contributed by atoms with E-state index in [0.29, 0.717) is 18.1 Å². The molecule has 6 heteroatoms. The highest BCUT2D eigenvalue weighted by atomic mass is 16.5. The Morgan fingerprint density at radius 3 is 2.90 bits per heavy atom. The topological polar surface area (TPSA) is 65.4 Å². The van der Waals surface area contributed by atoms with Gasteiger partial charge in [-0.3, -0.25) is 4.57 Å². The lowest BCUT2D eigenvalue weighted by molar-refractivity contribution is -0.138. The smallest absolute Gasteiger partial charge is 0.338 e. The molecule has 0 fully saturated rings. The molecule has 0 aliphatic carbocycles. The van der Waals surface area contributed by atoms with E-state index in [4.69, 9.17) is 14.5 Å². The highest BCUT2D eigenvalue weighted by molar-refractivity contribution is 5.94. The summed E-state index contributed by atoms with van der Waals surface area (Å²) in [4.78, 5) is 17.8. The number of anilines is 1. The van der Waals surface area contributed by atoms with E-state index in [1.54, 1.807) is 6.08 Å². The van der Waals surface area contributed by atoms with E-state index in [9.17, 15) is 4.79 Å². The Balaban J connectivity index is 1.84. The SMILES string of the molecule is C=CCOC(=O)C1=C(C)Nc2nc3ccccc3n2[C@@H]1c1cccc(OCCCC)c1. The normalized spacial score (nSPS) is 15.4. The van der Waals surface area contributed by atoms with Crippen molar-refractivity contribution in [3.8, 4) is 5.75 Å². The number of hydrogen-bond donors (Lipinski definition) is 1. The van der Waals surface area contributed by atoms with Crippen LogP contribution in [-0.4, -0.2) is 28.7 Å². The van der Waals surface area contributed by atoms with Gasteiger partial charge in [0.1, 0.15) is 12.4 Å². The Morgan fingerprint density at radius 2 is 2.10 bits per heavy atom. The summed E-state index contributed by atoms with van der Waals surface area (Å²) in [5.41, 5.74) is 4.00. The number of esters is 1. The first kappa shape index (κ1) is 20.7. The first-order valence-corrected chi connectivity index (χ1v) is 10.6. The summed E-state index contributed by atoms with van der Waals surface area (Å²) < 4.78 is 13.4. The number of rotatable bonds is 8. The van der Waals surface area contributed by atoms with E-state index in [1.807, 2.05) is 55.5 Å². The molecule has 1 atom stereocenters. The number of imidazole rings is 1. The number of allylic oxidation sites excluding steroid dienone is 1. The third-order valence-corrected chi connectivity index (χ3v) is 5.32. The van der Waals surface area contributed by atoms with Gasteiger partial charge in [-0.1, -0.05) is 50.3 Å². The first-order chi connectivity index (χ1) is 15.1. The van der Waals surface area contributed by atoms with Crippen molar-refractivity contribution in [1.82, 2.24) is 9.55 Å². The maximum atomic E-state index is 13.1. The Morgan fingerprint density at radius 1 is 1.26 bits per heavy atom. The van der Waals surface area contributed by atoms with Gasteiger partial charge in [-0.15, -0.1) is 0 Å². The minimum atomic E-state index is -0.393. The minimum absolute atomic E-state index is 0.153. The zero-order chi connectivity index (χ0) is 21.8. The van der Waals surface area contributed by atoms with Crippen molar-refractivity contribution in [2.24, 2.45) is 0 Å². The van der Waals surface area contributed by atoms with Crippen molar-refractivity contribution >= 4 is 23.0 Å². The van der Waals surface area contributed by atoms with Crippen molar-refractivity contribution in [2.45, 2.75) is 32.7 Å². The molecule has 0 spiro atoms. The van der Waals surface area contributed by atoms with E-state index in [0.717, 1.165) is 40.9 Å². The molecule has 31 heavy (non-hydrogen) atoms. The average molecular weight is 418 g/mol. The molecule has 6 nitrogen and oxygen atoms in total. The lowest BCUT2D eigenvalue weighted by Crippen LogP contribution is -2.29. The molecule has 1 aliphatic rings. The number of para-hydroxylation sites is 2. The van der Waals surface area contributed by atoms with Crippen LogP contribution >= 0.6 is 0 Å². The molecule has 1 aliphatic heterocycles. The second-order valence-corrected chi connectivity index (χ2v) is 7.52. The summed E-state index contributed by atoms with van der Waals surface area (Å²) >= 11 is 0. The highest BCUT2D eigenvalue weighted by Crippen LogP contribution is 2.40. The summed E-state index contributed by atoms with van der Waals surface area (Å²) in [7, 11) is 0. The summed E-state index contributed by atoms with van der Waals surface area (Å²) in [6.45, 7) is 8.47. The molecule has 0 saturated heterocycles. The number of carbonyl (C=O) groups excluding carboxylic acids is 1. The number of fused-ring (bicyclic) bond motifs is 3. The van der Waals surface area contributed by atoms with Gasteiger partial charge in [-0.2, -0.15) is 0 Å². The molecule has 2 aromatic carbocycles. The van der Waals surface area contributed by atoms with Gasteiger partial charge in [0.2, 0.25) is 5.95 Å². The number of ether oxygens (including phenoxy) is 2. The standard InChI is InChI=1S/C25H27N3O3/c1-4-6-15-30-19-11-9-10-18(16-19)23-22(24(29)31-14-5-2)17(3)26-25-27-20-12-7-8-13-21(20)28(23)25/h5,7-13,16,23H,2,4,6,14-15H2,1,3H3,(H,26,27)/t23-/m1/s1. The van der Waals surface area contributed by atoms with Gasteiger partial charge in [0.05, 0.1) is 29.3 Å². The molecule has 0 bridgehead atoms. The van der Waals surface area contributed by atoms with Crippen LogP contribution in [0.3, 0.4) is 0 Å². The number of nitrogens with zero attached hydrogens (tertiary/aromatic N) is 2. The van der Waals surface area contributed by atoms with Gasteiger partial charge < -0.3 is 14.8 Å². The zero-order valence-corrected chi connectivity index (χ0v) is 17.9. The van der Waals surface area contributed by atoms with Crippen LogP contribution in [-0.2, 0) is 9.53 Å². The van der Waals surface area contributed by atoms with Crippen LogP contribution in [0.4, 0.5) is 5.95 Å². The lowest BCUT2D eigenvalue weighted by Gasteiger charge is -2.30. The molecule has 1 aromatic heterocycles. The van der Waals surface area contributed by atoms with Crippen molar-refractivity contribution in [1.29, 1.82) is 0 Å². The van der Waals surface area contributed by atoms with Crippen LogP contribution < -0.4 is 10.1 Å². The molecule has 2 heterocycles. The largest absolute Gasteiger partial charge is 0.494 e. The van der Waals surface area contributed by atoms with E-state index < -0.39 is 6.04 Å². The fourth-order valence-corrected chi connectivity index (χ4v) is 3.86. The number of aromatic nitrogens is 2. The van der Waals surface area contributed by atoms with Gasteiger partial charge in [0.15, 0.2) is 0 Å². The fourth-order valence-electron chi connectivity index (χ4n) is 3.86. The lowest BCUT2D eigenvalue weighted by atomic mass is 9.95. The van der Waals surface area contributed by atoms with Crippen molar-refractivity contribution < 1.29 is 14.3 Å². The summed E-state index contributed by atoms with van der Waals surface area (Å²) in [5, 5.41) is 3.29. The molecule has 0 radical (unpaired) electrons. The molecule has 0 unspecified atom stereocenters. The van der Waals surface area contributed by atoms with Crippen LogP contribution in [0.5, 0.6) is 5.75 Å². The van der Waals surface area contributed by atoms with Crippen LogP contribution in [0.1, 0.15) is 38.3 Å². The van der Waals surface area contributed by atoms with E-state index in [-0.39, 0.29) is 12.6 Å². The quantitative estimate of drug-likeness (QED) is 0.309. The fraction of sp³-hybridized carbons (Fsp3) is 0.280. The molecule has 4 rings (SSSR count). The molecule has 3 aromatic rings. The Labute approximate surface area is 182 Å². The maximum absolute atomic E-state index is 13.1. The van der Waals surface area contributed by atoms with Crippen molar-refractivity contribution in [2.75, 3.05) is 18.5 Å². The molecule has 1 N–H and O–H groups in total. The molecule has 0 saturated carbocycles. The van der Waals surface area contributed by atoms with Crippen molar-refractivity contribution in [3.05, 3.63) is 78.0 Å². The van der Waals surface area contributed by atoms with Crippen LogP contribution in [0.25, 0.3) is 11.0 Å². The molecular weight excluding hydrogens is 390 g/mol. The third-order valence-electron chi connectivity index (χ3n) is 5.32. The number of nitrogens with one attached hydrogen (secondary N) is 1. The van der Waals surface area contributed by atoms with Crippen LogP contribution in [0.15, 0.2) is 72.5 Å². The molecule has 160 valence electrons. The Kier molecular flexibility index (Phi) is 6.07. The van der Waals surface area contributed by atoms with Crippen molar-refractivity contribution in [3.63, 3.8) is 0 Å². The molecular formula is C25H27N3O3. The second kappa shape index (κ2) is 9.08. The number of hydrogen-bond acceptors (Lipinski definition) is 5. The zero-order valence-electron chi connectivity index (χ0n) is 17.9.